The van der Waals surface area contributed by atoms with E-state index in [1.165, 1.54) is 5.56 Å². The lowest BCUT2D eigenvalue weighted by molar-refractivity contribution is 0.106. The minimum atomic E-state index is 0.304. The van der Waals surface area contributed by atoms with Crippen LogP contribution in [-0.2, 0) is 27.3 Å². The van der Waals surface area contributed by atoms with Gasteiger partial charge in [-0.1, -0.05) is 0 Å². The van der Waals surface area contributed by atoms with Gasteiger partial charge < -0.3 is 14.2 Å². The van der Waals surface area contributed by atoms with E-state index in [9.17, 15) is 0 Å². The molecule has 1 fully saturated rings. The Kier molecular flexibility index (Phi) is 5.97. The van der Waals surface area contributed by atoms with Crippen LogP contribution in [0.4, 0.5) is 0 Å². The zero-order valence-electron chi connectivity index (χ0n) is 12.6. The molecule has 6 nitrogen and oxygen atoms in total. The second kappa shape index (κ2) is 7.73. The van der Waals surface area contributed by atoms with E-state index in [1.807, 2.05) is 10.9 Å². The van der Waals surface area contributed by atoms with Crippen molar-refractivity contribution in [3.63, 3.8) is 0 Å². The summed E-state index contributed by atoms with van der Waals surface area (Å²) < 4.78 is 17.8. The highest BCUT2D eigenvalue weighted by Crippen LogP contribution is 2.22. The lowest BCUT2D eigenvalue weighted by Crippen LogP contribution is -2.32. The number of nitrogens with zero attached hydrogens (tertiary/aromatic N) is 3. The first-order chi connectivity index (χ1) is 9.76. The third-order valence-electron chi connectivity index (χ3n) is 3.78. The predicted octanol–water partition coefficient (Wildman–Crippen LogP) is 0.765. The summed E-state index contributed by atoms with van der Waals surface area (Å²) in [7, 11) is 5.23. The minimum Gasteiger partial charge on any atom is -0.383 e. The molecule has 6 heteroatoms. The number of hydrogen-bond donors (Lipinski definition) is 0. The number of rotatable bonds is 8. The molecule has 1 aliphatic heterocycles. The SMILES string of the molecule is COCCn1cc(CN2C[C@@H](OC)C[C@H]2COC)cn1. The summed E-state index contributed by atoms with van der Waals surface area (Å²) >= 11 is 0. The lowest BCUT2D eigenvalue weighted by Gasteiger charge is -2.22. The zero-order valence-corrected chi connectivity index (χ0v) is 12.6. The summed E-state index contributed by atoms with van der Waals surface area (Å²) in [6.45, 7) is 4.06. The summed E-state index contributed by atoms with van der Waals surface area (Å²) in [5.74, 6) is 0. The molecule has 0 saturated carbocycles. The van der Waals surface area contributed by atoms with Gasteiger partial charge in [-0.15, -0.1) is 0 Å². The van der Waals surface area contributed by atoms with Crippen molar-refractivity contribution in [3.05, 3.63) is 18.0 Å². The van der Waals surface area contributed by atoms with Crippen molar-refractivity contribution in [2.45, 2.75) is 31.7 Å². The first kappa shape index (κ1) is 15.4. The fraction of sp³-hybridized carbons (Fsp3) is 0.786. The molecule has 0 amide bonds. The quantitative estimate of drug-likeness (QED) is 0.705. The van der Waals surface area contributed by atoms with Crippen LogP contribution in [0.5, 0.6) is 0 Å². The average Bonchev–Trinajstić information content (AvgIpc) is 3.05. The van der Waals surface area contributed by atoms with Crippen molar-refractivity contribution in [3.8, 4) is 0 Å². The molecule has 1 aromatic heterocycles. The Labute approximate surface area is 120 Å². The summed E-state index contributed by atoms with van der Waals surface area (Å²) in [6.07, 6.45) is 5.35. The monoisotopic (exact) mass is 283 g/mol. The molecule has 2 heterocycles. The van der Waals surface area contributed by atoms with Gasteiger partial charge in [-0.2, -0.15) is 5.10 Å². The van der Waals surface area contributed by atoms with Crippen molar-refractivity contribution in [1.82, 2.24) is 14.7 Å². The Balaban J connectivity index is 1.91. The topological polar surface area (TPSA) is 48.8 Å². The fourth-order valence-corrected chi connectivity index (χ4v) is 2.70. The van der Waals surface area contributed by atoms with E-state index in [0.29, 0.717) is 18.8 Å². The van der Waals surface area contributed by atoms with Gasteiger partial charge in [0, 0.05) is 52.2 Å². The zero-order chi connectivity index (χ0) is 14.4. The molecule has 114 valence electrons. The van der Waals surface area contributed by atoms with Crippen LogP contribution in [0.15, 0.2) is 12.4 Å². The van der Waals surface area contributed by atoms with Gasteiger partial charge in [0.25, 0.3) is 0 Å². The number of likely N-dealkylation sites (tertiary alicyclic amines) is 1. The molecule has 2 rings (SSSR count). The van der Waals surface area contributed by atoms with Gasteiger partial charge in [0.05, 0.1) is 32.1 Å². The van der Waals surface area contributed by atoms with Crippen molar-refractivity contribution in [2.75, 3.05) is 41.1 Å². The van der Waals surface area contributed by atoms with E-state index in [1.54, 1.807) is 21.3 Å². The van der Waals surface area contributed by atoms with E-state index in [2.05, 4.69) is 16.2 Å². The molecular weight excluding hydrogens is 258 g/mol. The summed E-state index contributed by atoms with van der Waals surface area (Å²) in [6, 6.07) is 0.423. The molecule has 2 atom stereocenters. The highest BCUT2D eigenvalue weighted by molar-refractivity contribution is 5.05. The van der Waals surface area contributed by atoms with Gasteiger partial charge >= 0.3 is 0 Å². The molecule has 0 bridgehead atoms. The van der Waals surface area contributed by atoms with Crippen LogP contribution in [0.2, 0.25) is 0 Å². The lowest BCUT2D eigenvalue weighted by atomic mass is 10.2. The van der Waals surface area contributed by atoms with E-state index in [0.717, 1.165) is 32.7 Å². The van der Waals surface area contributed by atoms with Crippen molar-refractivity contribution < 1.29 is 14.2 Å². The average molecular weight is 283 g/mol. The fourth-order valence-electron chi connectivity index (χ4n) is 2.70. The minimum absolute atomic E-state index is 0.304. The number of methoxy groups -OCH3 is 3. The van der Waals surface area contributed by atoms with Crippen LogP contribution in [0.3, 0.4) is 0 Å². The van der Waals surface area contributed by atoms with Gasteiger partial charge in [0.1, 0.15) is 0 Å². The highest BCUT2D eigenvalue weighted by atomic mass is 16.5. The molecule has 0 spiro atoms. The largest absolute Gasteiger partial charge is 0.383 e. The standard InChI is InChI=1S/C14H25N3O3/c1-18-5-4-17-9-12(7-15-17)8-16-10-14(20-3)6-13(16)11-19-2/h7,9,13-14H,4-6,8,10-11H2,1-3H3/t13-,14-/m0/s1. The van der Waals surface area contributed by atoms with Gasteiger partial charge in [-0.25, -0.2) is 0 Å². The van der Waals surface area contributed by atoms with Crippen LogP contribution >= 0.6 is 0 Å². The molecule has 0 radical (unpaired) electrons. The number of ether oxygens (including phenoxy) is 3. The number of hydrogen-bond acceptors (Lipinski definition) is 5. The molecule has 0 unspecified atom stereocenters. The maximum absolute atomic E-state index is 5.48. The van der Waals surface area contributed by atoms with Gasteiger partial charge in [-0.05, 0) is 6.42 Å². The Bertz CT molecular complexity index is 397. The molecule has 1 saturated heterocycles. The Morgan fingerprint density at radius 3 is 2.85 bits per heavy atom. The molecular formula is C14H25N3O3. The van der Waals surface area contributed by atoms with E-state index >= 15 is 0 Å². The summed E-state index contributed by atoms with van der Waals surface area (Å²) in [5.41, 5.74) is 1.22. The van der Waals surface area contributed by atoms with Crippen LogP contribution in [0.1, 0.15) is 12.0 Å². The normalized spacial score (nSPS) is 23.6. The predicted molar refractivity (Wildman–Crippen MR) is 75.6 cm³/mol. The second-order valence-electron chi connectivity index (χ2n) is 5.24. The van der Waals surface area contributed by atoms with Gasteiger partial charge in [0.15, 0.2) is 0 Å². The molecule has 20 heavy (non-hydrogen) atoms. The summed E-state index contributed by atoms with van der Waals surface area (Å²) in [4.78, 5) is 2.41. The summed E-state index contributed by atoms with van der Waals surface area (Å²) in [5, 5.41) is 4.35. The smallest absolute Gasteiger partial charge is 0.0714 e. The Morgan fingerprint density at radius 1 is 1.30 bits per heavy atom. The van der Waals surface area contributed by atoms with E-state index in [-0.39, 0.29) is 0 Å². The van der Waals surface area contributed by atoms with Crippen LogP contribution < -0.4 is 0 Å². The van der Waals surface area contributed by atoms with Crippen molar-refractivity contribution in [1.29, 1.82) is 0 Å². The molecule has 1 aliphatic rings. The van der Waals surface area contributed by atoms with Gasteiger partial charge in [-0.3, -0.25) is 9.58 Å². The maximum atomic E-state index is 5.48. The van der Waals surface area contributed by atoms with Crippen molar-refractivity contribution in [2.24, 2.45) is 0 Å². The second-order valence-corrected chi connectivity index (χ2v) is 5.24. The van der Waals surface area contributed by atoms with Gasteiger partial charge in [0.2, 0.25) is 0 Å². The van der Waals surface area contributed by atoms with Crippen LogP contribution in [0.25, 0.3) is 0 Å². The highest BCUT2D eigenvalue weighted by Gasteiger charge is 2.32. The Morgan fingerprint density at radius 2 is 2.15 bits per heavy atom. The van der Waals surface area contributed by atoms with E-state index < -0.39 is 0 Å². The molecule has 0 aromatic carbocycles. The molecule has 0 N–H and O–H groups in total. The first-order valence-electron chi connectivity index (χ1n) is 7.02. The molecule has 0 aliphatic carbocycles. The Hall–Kier alpha value is -0.950. The molecule has 1 aromatic rings. The third-order valence-corrected chi connectivity index (χ3v) is 3.78. The first-order valence-corrected chi connectivity index (χ1v) is 7.02. The van der Waals surface area contributed by atoms with Crippen LogP contribution in [0, 0.1) is 0 Å². The maximum Gasteiger partial charge on any atom is 0.0714 e. The van der Waals surface area contributed by atoms with Crippen LogP contribution in [-0.4, -0.2) is 67.9 Å². The van der Waals surface area contributed by atoms with E-state index in [4.69, 9.17) is 14.2 Å². The van der Waals surface area contributed by atoms with Crippen molar-refractivity contribution >= 4 is 0 Å². The third kappa shape index (κ3) is 4.02. The number of aromatic nitrogens is 2.